The smallest absolute Gasteiger partial charge is 0.227 e. The van der Waals surface area contributed by atoms with Crippen LogP contribution in [-0.2, 0) is 16.1 Å². The van der Waals surface area contributed by atoms with Crippen molar-refractivity contribution in [2.45, 2.75) is 44.7 Å². The van der Waals surface area contributed by atoms with E-state index in [2.05, 4.69) is 25.8 Å². The van der Waals surface area contributed by atoms with Crippen LogP contribution in [0, 0.1) is 5.92 Å². The first kappa shape index (κ1) is 19.8. The van der Waals surface area contributed by atoms with Gasteiger partial charge >= 0.3 is 0 Å². The van der Waals surface area contributed by atoms with Crippen molar-refractivity contribution in [2.24, 2.45) is 5.92 Å². The lowest BCUT2D eigenvalue weighted by molar-refractivity contribution is -0.137. The number of piperidine rings is 2. The number of carbonyl (C=O) groups excluding carboxylic acids is 1. The zero-order valence-electron chi connectivity index (χ0n) is 17.0. The van der Waals surface area contributed by atoms with E-state index in [4.69, 9.17) is 4.74 Å². The van der Waals surface area contributed by atoms with Crippen LogP contribution in [-0.4, -0.2) is 84.1 Å². The average Bonchev–Trinajstić information content (AvgIpc) is 3.04. The van der Waals surface area contributed by atoms with Gasteiger partial charge < -0.3 is 9.64 Å². The number of amides is 1. The minimum atomic E-state index is 0.181. The minimum Gasteiger partial charge on any atom is -0.380 e. The summed E-state index contributed by atoms with van der Waals surface area (Å²) in [6, 6.07) is 4.81. The Hall–Kier alpha value is -1.50. The number of nitrogens with zero attached hydrogens (tertiary/aromatic N) is 4. The molecule has 3 aliphatic rings. The summed E-state index contributed by atoms with van der Waals surface area (Å²) in [5.74, 6) is 0.546. The van der Waals surface area contributed by atoms with Gasteiger partial charge in [0.25, 0.3) is 0 Å². The number of ether oxygens (including phenoxy) is 1. The number of aromatic nitrogens is 1. The van der Waals surface area contributed by atoms with E-state index >= 15 is 0 Å². The van der Waals surface area contributed by atoms with Crippen molar-refractivity contribution >= 4 is 5.91 Å². The SMILES string of the molecule is O=C(C1CCCN(C2CCN(Cc3cccnc3)CC2)C1)N1CCCOCC1. The van der Waals surface area contributed by atoms with Crippen LogP contribution in [0.25, 0.3) is 0 Å². The summed E-state index contributed by atoms with van der Waals surface area (Å²) in [5.41, 5.74) is 1.30. The molecule has 28 heavy (non-hydrogen) atoms. The van der Waals surface area contributed by atoms with Crippen molar-refractivity contribution < 1.29 is 9.53 Å². The number of hydrogen-bond acceptors (Lipinski definition) is 5. The molecular weight excluding hydrogens is 352 g/mol. The van der Waals surface area contributed by atoms with Gasteiger partial charge in [0, 0.05) is 51.2 Å². The molecule has 0 bridgehead atoms. The molecule has 0 N–H and O–H groups in total. The predicted octanol–water partition coefficient (Wildman–Crippen LogP) is 2.01. The van der Waals surface area contributed by atoms with Gasteiger partial charge in [0.2, 0.25) is 5.91 Å². The van der Waals surface area contributed by atoms with Crippen molar-refractivity contribution in [3.63, 3.8) is 0 Å². The number of carbonyl (C=O) groups is 1. The molecule has 6 heteroatoms. The molecule has 1 atom stereocenters. The number of hydrogen-bond donors (Lipinski definition) is 0. The highest BCUT2D eigenvalue weighted by Gasteiger charge is 2.33. The molecule has 4 heterocycles. The lowest BCUT2D eigenvalue weighted by Crippen LogP contribution is -2.51. The molecule has 3 aliphatic heterocycles. The monoisotopic (exact) mass is 386 g/mol. The van der Waals surface area contributed by atoms with Crippen LogP contribution in [0.1, 0.15) is 37.7 Å². The zero-order valence-corrected chi connectivity index (χ0v) is 17.0. The van der Waals surface area contributed by atoms with Crippen molar-refractivity contribution in [2.75, 3.05) is 52.5 Å². The topological polar surface area (TPSA) is 48.9 Å². The third-order valence-corrected chi connectivity index (χ3v) is 6.54. The predicted molar refractivity (Wildman–Crippen MR) is 109 cm³/mol. The molecule has 1 unspecified atom stereocenters. The summed E-state index contributed by atoms with van der Waals surface area (Å²) >= 11 is 0. The maximum absolute atomic E-state index is 13.0. The molecule has 154 valence electrons. The fourth-order valence-electron chi connectivity index (χ4n) is 4.96. The quantitative estimate of drug-likeness (QED) is 0.792. The van der Waals surface area contributed by atoms with Crippen molar-refractivity contribution in [3.05, 3.63) is 30.1 Å². The molecule has 0 aromatic carbocycles. The van der Waals surface area contributed by atoms with E-state index in [1.54, 1.807) is 0 Å². The van der Waals surface area contributed by atoms with Gasteiger partial charge in [-0.25, -0.2) is 0 Å². The van der Waals surface area contributed by atoms with Crippen LogP contribution >= 0.6 is 0 Å². The Labute approximate surface area is 168 Å². The lowest BCUT2D eigenvalue weighted by Gasteiger charge is -2.42. The average molecular weight is 387 g/mol. The van der Waals surface area contributed by atoms with E-state index < -0.39 is 0 Å². The molecule has 1 aromatic rings. The fourth-order valence-corrected chi connectivity index (χ4v) is 4.96. The first-order valence-corrected chi connectivity index (χ1v) is 11.0. The Morgan fingerprint density at radius 2 is 1.96 bits per heavy atom. The lowest BCUT2D eigenvalue weighted by atomic mass is 9.92. The maximum atomic E-state index is 13.0. The molecule has 0 radical (unpaired) electrons. The molecule has 6 nitrogen and oxygen atoms in total. The van der Waals surface area contributed by atoms with E-state index in [1.807, 2.05) is 18.5 Å². The minimum absolute atomic E-state index is 0.181. The summed E-state index contributed by atoms with van der Waals surface area (Å²) in [4.78, 5) is 24.5. The van der Waals surface area contributed by atoms with E-state index in [9.17, 15) is 4.79 Å². The van der Waals surface area contributed by atoms with E-state index in [-0.39, 0.29) is 5.92 Å². The van der Waals surface area contributed by atoms with Crippen LogP contribution in [0.2, 0.25) is 0 Å². The summed E-state index contributed by atoms with van der Waals surface area (Å²) in [6.07, 6.45) is 9.39. The van der Waals surface area contributed by atoms with Gasteiger partial charge in [0.1, 0.15) is 0 Å². The molecule has 1 aromatic heterocycles. The van der Waals surface area contributed by atoms with Gasteiger partial charge in [-0.1, -0.05) is 6.07 Å². The molecular formula is C22H34N4O2. The third-order valence-electron chi connectivity index (χ3n) is 6.54. The molecule has 4 rings (SSSR count). The Balaban J connectivity index is 1.26. The number of rotatable bonds is 4. The van der Waals surface area contributed by atoms with Gasteiger partial charge in [0.15, 0.2) is 0 Å². The van der Waals surface area contributed by atoms with Gasteiger partial charge in [-0.2, -0.15) is 0 Å². The highest BCUT2D eigenvalue weighted by molar-refractivity contribution is 5.79. The highest BCUT2D eigenvalue weighted by atomic mass is 16.5. The third kappa shape index (κ3) is 5.10. The van der Waals surface area contributed by atoms with Gasteiger partial charge in [-0.15, -0.1) is 0 Å². The van der Waals surface area contributed by atoms with Crippen molar-refractivity contribution in [1.29, 1.82) is 0 Å². The van der Waals surface area contributed by atoms with E-state index in [0.717, 1.165) is 71.7 Å². The maximum Gasteiger partial charge on any atom is 0.227 e. The van der Waals surface area contributed by atoms with Gasteiger partial charge in [-0.05, 0) is 63.4 Å². The molecule has 1 amide bonds. The zero-order chi connectivity index (χ0) is 19.2. The summed E-state index contributed by atoms with van der Waals surface area (Å²) < 4.78 is 5.52. The second-order valence-electron chi connectivity index (χ2n) is 8.49. The van der Waals surface area contributed by atoms with Crippen molar-refractivity contribution in [1.82, 2.24) is 19.7 Å². The van der Waals surface area contributed by atoms with Crippen molar-refractivity contribution in [3.8, 4) is 0 Å². The standard InChI is InChI=1S/C22H34N4O2/c27-22(25-10-3-14-28-15-13-25)20-5-2-9-26(18-20)21-6-11-24(12-7-21)17-19-4-1-8-23-16-19/h1,4,8,16,20-21H,2-3,5-7,9-15,17-18H2. The molecule has 0 aliphatic carbocycles. The highest BCUT2D eigenvalue weighted by Crippen LogP contribution is 2.26. The summed E-state index contributed by atoms with van der Waals surface area (Å²) in [7, 11) is 0. The molecule has 3 saturated heterocycles. The molecule has 0 saturated carbocycles. The number of pyridine rings is 1. The second-order valence-corrected chi connectivity index (χ2v) is 8.49. The Kier molecular flexibility index (Phi) is 6.94. The first-order chi connectivity index (χ1) is 13.8. The van der Waals surface area contributed by atoms with Crippen LogP contribution in [0.15, 0.2) is 24.5 Å². The normalized spacial score (nSPS) is 26.1. The Morgan fingerprint density at radius 1 is 1.07 bits per heavy atom. The Bertz CT molecular complexity index is 610. The molecule has 3 fully saturated rings. The fraction of sp³-hybridized carbons (Fsp3) is 0.727. The molecule has 0 spiro atoms. The summed E-state index contributed by atoms with van der Waals surface area (Å²) in [6.45, 7) is 8.48. The summed E-state index contributed by atoms with van der Waals surface area (Å²) in [5, 5.41) is 0. The van der Waals surface area contributed by atoms with Crippen LogP contribution in [0.5, 0.6) is 0 Å². The van der Waals surface area contributed by atoms with Gasteiger partial charge in [0.05, 0.1) is 12.5 Å². The Morgan fingerprint density at radius 3 is 2.79 bits per heavy atom. The van der Waals surface area contributed by atoms with Gasteiger partial charge in [-0.3, -0.25) is 19.6 Å². The number of likely N-dealkylation sites (tertiary alicyclic amines) is 2. The van der Waals surface area contributed by atoms with E-state index in [1.165, 1.54) is 18.4 Å². The van der Waals surface area contributed by atoms with Crippen LogP contribution < -0.4 is 0 Å². The largest absolute Gasteiger partial charge is 0.380 e. The van der Waals surface area contributed by atoms with E-state index in [0.29, 0.717) is 18.6 Å². The van der Waals surface area contributed by atoms with Crippen LogP contribution in [0.4, 0.5) is 0 Å². The first-order valence-electron chi connectivity index (χ1n) is 11.0. The van der Waals surface area contributed by atoms with Crippen LogP contribution in [0.3, 0.4) is 0 Å². The second kappa shape index (κ2) is 9.81.